The van der Waals surface area contributed by atoms with Gasteiger partial charge in [0.25, 0.3) is 0 Å². The zero-order chi connectivity index (χ0) is 12.5. The standard InChI is InChI=1S/C13H13NO2S2/c1-8-14-12-11(18-8)7-10(16-5-2-4-15)9-3-6-17-13(9)12/h3,6-7,15H,2,4-5H2,1H3. The fraction of sp³-hybridized carbons (Fsp3) is 0.308. The summed E-state index contributed by atoms with van der Waals surface area (Å²) in [5, 5.41) is 13.1. The van der Waals surface area contributed by atoms with Crippen LogP contribution >= 0.6 is 22.7 Å². The summed E-state index contributed by atoms with van der Waals surface area (Å²) in [4.78, 5) is 4.58. The van der Waals surface area contributed by atoms with Gasteiger partial charge < -0.3 is 9.84 Å². The number of hydrogen-bond acceptors (Lipinski definition) is 5. The van der Waals surface area contributed by atoms with Gasteiger partial charge in [0.2, 0.25) is 0 Å². The molecule has 1 N–H and O–H groups in total. The lowest BCUT2D eigenvalue weighted by molar-refractivity contribution is 0.235. The fourth-order valence-corrected chi connectivity index (χ4v) is 3.79. The van der Waals surface area contributed by atoms with Crippen LogP contribution in [0.15, 0.2) is 17.5 Å². The van der Waals surface area contributed by atoms with Crippen LogP contribution in [0.4, 0.5) is 0 Å². The van der Waals surface area contributed by atoms with E-state index in [-0.39, 0.29) is 6.61 Å². The highest BCUT2D eigenvalue weighted by atomic mass is 32.1. The summed E-state index contributed by atoms with van der Waals surface area (Å²) in [5.41, 5.74) is 1.08. The Bertz CT molecular complexity index is 687. The monoisotopic (exact) mass is 279 g/mol. The third-order valence-electron chi connectivity index (χ3n) is 2.73. The number of aliphatic hydroxyl groups excluding tert-OH is 1. The van der Waals surface area contributed by atoms with Crippen molar-refractivity contribution in [2.45, 2.75) is 13.3 Å². The van der Waals surface area contributed by atoms with E-state index >= 15 is 0 Å². The van der Waals surface area contributed by atoms with E-state index in [1.807, 2.05) is 6.92 Å². The molecule has 0 spiro atoms. The van der Waals surface area contributed by atoms with Crippen molar-refractivity contribution in [3.63, 3.8) is 0 Å². The summed E-state index contributed by atoms with van der Waals surface area (Å²) >= 11 is 3.39. The maximum atomic E-state index is 8.81. The number of aromatic nitrogens is 1. The van der Waals surface area contributed by atoms with Gasteiger partial charge in [0.15, 0.2) is 0 Å². The number of aliphatic hydroxyl groups is 1. The van der Waals surface area contributed by atoms with E-state index in [1.54, 1.807) is 22.7 Å². The topological polar surface area (TPSA) is 42.4 Å². The molecule has 0 aliphatic rings. The number of fused-ring (bicyclic) bond motifs is 3. The van der Waals surface area contributed by atoms with Crippen molar-refractivity contribution >= 4 is 43.0 Å². The molecule has 94 valence electrons. The van der Waals surface area contributed by atoms with E-state index in [0.717, 1.165) is 21.7 Å². The van der Waals surface area contributed by atoms with Crippen LogP contribution in [0.1, 0.15) is 11.4 Å². The van der Waals surface area contributed by atoms with Crippen molar-refractivity contribution in [3.8, 4) is 5.75 Å². The lowest BCUT2D eigenvalue weighted by Gasteiger charge is -2.06. The molecule has 0 aliphatic heterocycles. The van der Waals surface area contributed by atoms with Gasteiger partial charge in [0.05, 0.1) is 26.5 Å². The van der Waals surface area contributed by atoms with Crippen molar-refractivity contribution in [1.29, 1.82) is 0 Å². The molecule has 0 atom stereocenters. The second-order valence-corrected chi connectivity index (χ2v) is 6.19. The molecule has 1 aromatic carbocycles. The number of rotatable bonds is 4. The smallest absolute Gasteiger partial charge is 0.129 e. The average Bonchev–Trinajstić information content (AvgIpc) is 2.94. The Morgan fingerprint density at radius 2 is 2.33 bits per heavy atom. The molecule has 3 nitrogen and oxygen atoms in total. The first kappa shape index (κ1) is 11.9. The Morgan fingerprint density at radius 3 is 3.17 bits per heavy atom. The summed E-state index contributed by atoms with van der Waals surface area (Å²) < 4.78 is 8.12. The minimum atomic E-state index is 0.161. The highest BCUT2D eigenvalue weighted by Gasteiger charge is 2.12. The molecular weight excluding hydrogens is 266 g/mol. The molecule has 0 fully saturated rings. The van der Waals surface area contributed by atoms with Crippen molar-refractivity contribution < 1.29 is 9.84 Å². The zero-order valence-electron chi connectivity index (χ0n) is 9.97. The molecule has 5 heteroatoms. The van der Waals surface area contributed by atoms with Crippen molar-refractivity contribution in [1.82, 2.24) is 4.98 Å². The van der Waals surface area contributed by atoms with Gasteiger partial charge in [-0.25, -0.2) is 4.98 Å². The molecule has 3 aromatic rings. The van der Waals surface area contributed by atoms with E-state index in [0.29, 0.717) is 13.0 Å². The summed E-state index contributed by atoms with van der Waals surface area (Å²) in [6.07, 6.45) is 0.658. The van der Waals surface area contributed by atoms with Crippen LogP contribution in [-0.2, 0) is 0 Å². The number of ether oxygens (including phenoxy) is 1. The Hall–Kier alpha value is -1.17. The molecule has 0 unspecified atom stereocenters. The molecule has 3 rings (SSSR count). The highest BCUT2D eigenvalue weighted by Crippen LogP contribution is 2.38. The molecule has 0 saturated heterocycles. The summed E-state index contributed by atoms with van der Waals surface area (Å²) in [7, 11) is 0. The molecule has 0 radical (unpaired) electrons. The Labute approximate surface area is 113 Å². The van der Waals surface area contributed by atoms with E-state index < -0.39 is 0 Å². The second kappa shape index (κ2) is 4.84. The predicted molar refractivity (Wildman–Crippen MR) is 76.9 cm³/mol. The van der Waals surface area contributed by atoms with Crippen molar-refractivity contribution in [3.05, 3.63) is 22.5 Å². The number of hydrogen-bond donors (Lipinski definition) is 1. The Morgan fingerprint density at radius 1 is 1.44 bits per heavy atom. The molecule has 2 aromatic heterocycles. The molecule has 0 aliphatic carbocycles. The molecule has 0 saturated carbocycles. The normalized spacial score (nSPS) is 11.4. The van der Waals surface area contributed by atoms with E-state index in [4.69, 9.17) is 9.84 Å². The SMILES string of the molecule is Cc1nc2c(cc(OCCCO)c3ccsc32)s1. The van der Waals surface area contributed by atoms with Crippen LogP contribution in [0.5, 0.6) is 5.75 Å². The van der Waals surface area contributed by atoms with Crippen molar-refractivity contribution in [2.75, 3.05) is 13.2 Å². The van der Waals surface area contributed by atoms with Gasteiger partial charge in [0, 0.05) is 24.5 Å². The highest BCUT2D eigenvalue weighted by molar-refractivity contribution is 7.21. The first-order valence-corrected chi connectivity index (χ1v) is 7.50. The third kappa shape index (κ3) is 1.98. The number of thiazole rings is 1. The van der Waals surface area contributed by atoms with Gasteiger partial charge >= 0.3 is 0 Å². The minimum Gasteiger partial charge on any atom is -0.493 e. The average molecular weight is 279 g/mol. The Balaban J connectivity index is 2.12. The molecule has 0 amide bonds. The van der Waals surface area contributed by atoms with E-state index in [1.165, 1.54) is 9.40 Å². The van der Waals surface area contributed by atoms with E-state index in [9.17, 15) is 0 Å². The lowest BCUT2D eigenvalue weighted by atomic mass is 10.2. The first-order chi connectivity index (χ1) is 8.79. The predicted octanol–water partition coefficient (Wildman–Crippen LogP) is 3.58. The number of thiophene rings is 1. The lowest BCUT2D eigenvalue weighted by Crippen LogP contribution is -1.99. The third-order valence-corrected chi connectivity index (χ3v) is 4.57. The quantitative estimate of drug-likeness (QED) is 0.742. The second-order valence-electron chi connectivity index (χ2n) is 4.04. The largest absolute Gasteiger partial charge is 0.493 e. The van der Waals surface area contributed by atoms with Crippen molar-refractivity contribution in [2.24, 2.45) is 0 Å². The maximum absolute atomic E-state index is 8.81. The van der Waals surface area contributed by atoms with Gasteiger partial charge in [-0.05, 0) is 18.4 Å². The van der Waals surface area contributed by atoms with Gasteiger partial charge in [-0.15, -0.1) is 22.7 Å². The zero-order valence-corrected chi connectivity index (χ0v) is 11.6. The molecule has 0 bridgehead atoms. The van der Waals surface area contributed by atoms with Gasteiger partial charge in [-0.1, -0.05) is 0 Å². The van der Waals surface area contributed by atoms with Crippen LogP contribution in [0.25, 0.3) is 20.3 Å². The first-order valence-electron chi connectivity index (χ1n) is 5.80. The Kier molecular flexibility index (Phi) is 3.20. The molecule has 2 heterocycles. The summed E-state index contributed by atoms with van der Waals surface area (Å²) in [5.74, 6) is 0.899. The minimum absolute atomic E-state index is 0.161. The van der Waals surface area contributed by atoms with Crippen LogP contribution in [0.3, 0.4) is 0 Å². The summed E-state index contributed by atoms with van der Waals surface area (Å²) in [6.45, 7) is 2.73. The molecule has 18 heavy (non-hydrogen) atoms. The maximum Gasteiger partial charge on any atom is 0.129 e. The summed E-state index contributed by atoms with van der Waals surface area (Å²) in [6, 6.07) is 4.13. The van der Waals surface area contributed by atoms with Gasteiger partial charge in [-0.2, -0.15) is 0 Å². The molecular formula is C13H13NO2S2. The van der Waals surface area contributed by atoms with Gasteiger partial charge in [-0.3, -0.25) is 0 Å². The van der Waals surface area contributed by atoms with Crippen LogP contribution in [0.2, 0.25) is 0 Å². The number of aryl methyl sites for hydroxylation is 1. The van der Waals surface area contributed by atoms with Crippen LogP contribution in [-0.4, -0.2) is 23.3 Å². The number of nitrogens with zero attached hydrogens (tertiary/aromatic N) is 1. The van der Waals surface area contributed by atoms with Gasteiger partial charge in [0.1, 0.15) is 5.75 Å². The number of benzene rings is 1. The fourth-order valence-electron chi connectivity index (χ4n) is 1.95. The van der Waals surface area contributed by atoms with Crippen LogP contribution in [0, 0.1) is 6.92 Å². The van der Waals surface area contributed by atoms with Crippen LogP contribution < -0.4 is 4.74 Å². The van der Waals surface area contributed by atoms with E-state index in [2.05, 4.69) is 22.5 Å².